The number of aromatic amines is 3. The van der Waals surface area contributed by atoms with Gasteiger partial charge in [0.25, 0.3) is 16.7 Å². The van der Waals surface area contributed by atoms with Gasteiger partial charge < -0.3 is 49.9 Å². The first kappa shape index (κ1) is 81.2. The summed E-state index contributed by atoms with van der Waals surface area (Å²) in [5, 5.41) is 51.2. The van der Waals surface area contributed by atoms with Crippen LogP contribution in [0.3, 0.4) is 0 Å². The van der Waals surface area contributed by atoms with E-state index in [-0.39, 0.29) is 86.8 Å². The predicted molar refractivity (Wildman–Crippen MR) is 409 cm³/mol. The van der Waals surface area contributed by atoms with E-state index in [9.17, 15) is 14.4 Å². The molecular weight excluding hydrogens is 1670 g/mol. The van der Waals surface area contributed by atoms with E-state index in [2.05, 4.69) is 91.9 Å². The molecule has 8 heterocycles. The molecule has 8 aromatic heterocycles. The number of unbranched alkanes of at least 4 members (excludes halogenated alkanes) is 3. The van der Waals surface area contributed by atoms with E-state index in [0.717, 1.165) is 16.7 Å². The number of rotatable bonds is 35. The molecule has 36 heteroatoms. The molecule has 548 valence electrons. The number of ether oxygens (including phenoxy) is 3. The number of nitrogens with zero attached hydrogens (tertiary/aromatic N) is 11. The van der Waals surface area contributed by atoms with Crippen molar-refractivity contribution in [3.05, 3.63) is 167 Å². The second kappa shape index (κ2) is 41.9. The molecule has 28 nitrogen and oxygen atoms in total. The quantitative estimate of drug-likeness (QED) is 0.0101. The average Bonchev–Trinajstić information content (AvgIpc) is 1.62. The van der Waals surface area contributed by atoms with Crippen LogP contribution in [0.2, 0.25) is 43.4 Å². The number of aliphatic hydroxyl groups is 3. The third-order valence-corrected chi connectivity index (χ3v) is 33.0. The van der Waals surface area contributed by atoms with Crippen LogP contribution in [0.25, 0.3) is 44.7 Å². The number of hydrogen-bond donors (Lipinski definition) is 9. The maximum Gasteiger partial charge on any atom is 0.278 e. The summed E-state index contributed by atoms with van der Waals surface area (Å²) < 4.78 is 37.6. The number of nitrogens with one attached hydrogen (secondary N) is 6. The van der Waals surface area contributed by atoms with Gasteiger partial charge in [0, 0.05) is 19.6 Å². The fraction of sp³-hybridized carbons (Fsp3) is 0.409. The number of anilines is 3. The molecule has 0 fully saturated rings. The first-order valence-electron chi connectivity index (χ1n) is 32.9. The van der Waals surface area contributed by atoms with E-state index in [1.165, 1.54) is 83.8 Å². The molecular formula is C66H80Cl6IN17O11Sn. The summed E-state index contributed by atoms with van der Waals surface area (Å²) in [6, 6.07) is 15.9. The van der Waals surface area contributed by atoms with Crippen molar-refractivity contribution in [3.63, 3.8) is 0 Å². The van der Waals surface area contributed by atoms with E-state index in [4.69, 9.17) is 108 Å². The third-order valence-electron chi connectivity index (χ3n) is 15.6. The van der Waals surface area contributed by atoms with Gasteiger partial charge in [-0.3, -0.25) is 43.4 Å². The molecule has 0 aliphatic heterocycles. The number of fused-ring (bicyclic) bond motifs is 3. The summed E-state index contributed by atoms with van der Waals surface area (Å²) >= 11 is 35.6. The molecule has 0 atom stereocenters. The number of aromatic nitrogens is 14. The smallest absolute Gasteiger partial charge is 0.278 e. The molecule has 3 aromatic carbocycles. The van der Waals surface area contributed by atoms with E-state index >= 15 is 0 Å². The maximum atomic E-state index is 12.8. The van der Waals surface area contributed by atoms with Crippen LogP contribution in [-0.2, 0) is 53.5 Å². The molecule has 0 unspecified atom stereocenters. The normalized spacial score (nSPS) is 11.4. The van der Waals surface area contributed by atoms with Crippen LogP contribution >= 0.6 is 92.2 Å². The van der Waals surface area contributed by atoms with Gasteiger partial charge in [-0.1, -0.05) is 87.8 Å². The maximum absolute atomic E-state index is 12.8. The fourth-order valence-electron chi connectivity index (χ4n) is 10.6. The largest absolute Gasteiger partial charge is 0.443 e. The Hall–Kier alpha value is -6.44. The molecule has 11 aromatic rings. The fourth-order valence-corrected chi connectivity index (χ4v) is 26.9. The van der Waals surface area contributed by atoms with Gasteiger partial charge in [-0.2, -0.15) is 15.3 Å². The number of halogens is 7. The molecule has 0 aliphatic carbocycles. The van der Waals surface area contributed by atoms with Crippen LogP contribution in [-0.4, -0.2) is 162 Å². The van der Waals surface area contributed by atoms with E-state index in [1.54, 1.807) is 47.3 Å². The molecule has 0 saturated heterocycles. The molecule has 11 rings (SSSR count). The van der Waals surface area contributed by atoms with Crippen LogP contribution in [0.15, 0.2) is 109 Å². The number of H-pyrrole nitrogens is 3. The van der Waals surface area contributed by atoms with Gasteiger partial charge in [0.1, 0.15) is 26.5 Å². The number of benzene rings is 3. The number of aliphatic hydroxyl groups excluding tert-OH is 3. The summed E-state index contributed by atoms with van der Waals surface area (Å²) in [5.74, 6) is 1.18. The van der Waals surface area contributed by atoms with E-state index in [0.29, 0.717) is 125 Å². The molecule has 0 radical (unpaired) electrons. The molecule has 0 amide bonds. The van der Waals surface area contributed by atoms with Gasteiger partial charge in [0.15, 0.2) is 22.2 Å². The number of hydrogen-bond acceptors (Lipinski definition) is 22. The Kier molecular flexibility index (Phi) is 33.4. The molecule has 0 saturated carbocycles. The molecule has 102 heavy (non-hydrogen) atoms. The van der Waals surface area contributed by atoms with Crippen LogP contribution < -0.4 is 36.5 Å². The zero-order valence-electron chi connectivity index (χ0n) is 56.2. The van der Waals surface area contributed by atoms with Crippen molar-refractivity contribution in [2.75, 3.05) is 75.4 Å². The summed E-state index contributed by atoms with van der Waals surface area (Å²) in [6.07, 6.45) is 16.1. The van der Waals surface area contributed by atoms with Gasteiger partial charge in [0.2, 0.25) is 23.7 Å². The van der Waals surface area contributed by atoms with Crippen molar-refractivity contribution in [1.29, 1.82) is 0 Å². The molecule has 0 bridgehead atoms. The predicted octanol–water partition coefficient (Wildman–Crippen LogP) is 12.1. The second-order valence-electron chi connectivity index (χ2n) is 22.9. The number of oxazole rings is 2. The summed E-state index contributed by atoms with van der Waals surface area (Å²) in [6.45, 7) is 10.6. The first-order chi connectivity index (χ1) is 49.4. The summed E-state index contributed by atoms with van der Waals surface area (Å²) in [4.78, 5) is 67.9. The Labute approximate surface area is 633 Å². The van der Waals surface area contributed by atoms with Crippen LogP contribution in [0.4, 0.5) is 17.8 Å². The van der Waals surface area contributed by atoms with E-state index < -0.39 is 18.4 Å². The Morgan fingerprint density at radius 1 is 0.520 bits per heavy atom. The standard InChI is InChI=1S/C19H18Cl2N6O4.C16H16Cl2IN5O3.C16H17Cl2N5O3.3C4H9.C3H2NO.Sn/c20-12-2-1-11(9-13(12)21)10-23-19-24-14-15(18-22-3-6-31-18)26-27(4-7-30-8-5-28)16(14)17(29)25-19;17-10-2-1-9(7-11(10)18)8-20-16-21-12-13(15(26)22-16)24(23-14(12)19)3-5-27-6-4-25;17-11-2-1-10(7-12(11)18)8-19-16-21-13-9-20-23(3-5-26-6-4-24)14(13)15(25)22-16;3*1-3-4-2;1-2-5-3-4-1;/h1-3,6,9,28H,4-5,7-8,10H2,(H2,23,24,25,29);1-2,7,25H,3-6,8H2,(H2,20,21,22,26);1-2,7,9,24H,3-6,8H2,(H2,19,21,22,25);3*1,3-4H2,2H3;1-2H;. The van der Waals surface area contributed by atoms with Gasteiger partial charge in [-0.15, -0.1) is 0 Å². The van der Waals surface area contributed by atoms with Crippen molar-refractivity contribution in [2.45, 2.75) is 112 Å². The first-order valence-corrected chi connectivity index (χ1v) is 43.8. The Morgan fingerprint density at radius 3 is 1.37 bits per heavy atom. The van der Waals surface area contributed by atoms with Crippen molar-refractivity contribution in [3.8, 4) is 11.6 Å². The zero-order chi connectivity index (χ0) is 73.0. The SMILES string of the molecule is CCC[CH2][Sn]([CH2]CCC)([CH2]CCC)[c]1ncco1.O=c1[nH]c(NCc2ccc(Cl)c(Cl)c2)nc2c(-c3ncco3)nn(CCOCCO)c12.O=c1[nH]c(NCc2ccc(Cl)c(Cl)c2)nc2c(I)nn(CCOCCO)c12.O=c1[nH]c(NCc2ccc(Cl)c(Cl)c2)nc2cnn(CCOCCO)c12. The van der Waals surface area contributed by atoms with Crippen LogP contribution in [0.5, 0.6) is 0 Å². The van der Waals surface area contributed by atoms with Crippen LogP contribution in [0, 0.1) is 3.70 Å². The van der Waals surface area contributed by atoms with Gasteiger partial charge in [0.05, 0.1) is 122 Å². The van der Waals surface area contributed by atoms with Crippen molar-refractivity contribution >= 4 is 165 Å². The minimum atomic E-state index is -2.31. The van der Waals surface area contributed by atoms with Crippen molar-refractivity contribution < 1.29 is 38.4 Å². The molecule has 0 spiro atoms. The minimum Gasteiger partial charge on any atom is -0.443 e. The zero-order valence-corrected chi connectivity index (χ0v) is 65.8. The average molecular weight is 1750 g/mol. The van der Waals surface area contributed by atoms with Gasteiger partial charge in [-0.05, 0) is 75.7 Å². The summed E-state index contributed by atoms with van der Waals surface area (Å²) in [5.41, 5.74) is 4.38. The molecule has 9 N–H and O–H groups in total. The third kappa shape index (κ3) is 23.3. The Balaban J connectivity index is 0.000000175. The van der Waals surface area contributed by atoms with Gasteiger partial charge in [-0.25, -0.2) is 19.9 Å². The van der Waals surface area contributed by atoms with E-state index in [1.807, 2.05) is 47.0 Å². The minimum absolute atomic E-state index is 0.0458. The van der Waals surface area contributed by atoms with Crippen LogP contribution in [0.1, 0.15) is 76.0 Å². The van der Waals surface area contributed by atoms with Crippen molar-refractivity contribution in [1.82, 2.24) is 69.2 Å². The van der Waals surface area contributed by atoms with Gasteiger partial charge >= 0.3 is 117 Å². The summed E-state index contributed by atoms with van der Waals surface area (Å²) in [7, 11) is 0. The van der Waals surface area contributed by atoms with Crippen molar-refractivity contribution in [2.24, 2.45) is 0 Å². The molecule has 0 aliphatic rings. The second-order valence-corrected chi connectivity index (χ2v) is 39.2. The Morgan fingerprint density at radius 2 is 0.941 bits per heavy atom. The Bertz CT molecular complexity index is 4580. The monoisotopic (exact) mass is 1740 g/mol. The topological polar surface area (TPSA) is 367 Å².